The van der Waals surface area contributed by atoms with Crippen LogP contribution in [0.3, 0.4) is 0 Å². The predicted octanol–water partition coefficient (Wildman–Crippen LogP) is -0.745. The third-order valence-corrected chi connectivity index (χ3v) is 1.00. The van der Waals surface area contributed by atoms with Gasteiger partial charge in [0.25, 0.3) is 0 Å². The Morgan fingerprint density at radius 2 is 2.60 bits per heavy atom. The highest BCUT2D eigenvalue weighted by Gasteiger charge is 2.11. The van der Waals surface area contributed by atoms with Crippen molar-refractivity contribution in [3.63, 3.8) is 0 Å². The van der Waals surface area contributed by atoms with Gasteiger partial charge in [-0.2, -0.15) is 0 Å². The highest BCUT2D eigenvalue weighted by atomic mass is 16.5. The molecule has 0 saturated heterocycles. The summed E-state index contributed by atoms with van der Waals surface area (Å²) >= 11 is 0. The zero-order chi connectivity index (χ0) is 7.56. The molecule has 0 amide bonds. The average Bonchev–Trinajstić information content (AvgIpc) is 2.34. The van der Waals surface area contributed by atoms with Crippen LogP contribution in [0.25, 0.3) is 0 Å². The van der Waals surface area contributed by atoms with Crippen molar-refractivity contribution in [1.29, 1.82) is 0 Å². The third kappa shape index (κ3) is 1.02. The van der Waals surface area contributed by atoms with Gasteiger partial charge in [0.2, 0.25) is 0 Å². The van der Waals surface area contributed by atoms with Gasteiger partial charge in [0.05, 0.1) is 19.0 Å². The van der Waals surface area contributed by atoms with E-state index in [4.69, 9.17) is 7.85 Å². The molecule has 1 aromatic rings. The number of carbonyl (C=O) groups excluding carboxylic acids is 1. The van der Waals surface area contributed by atoms with Crippen molar-refractivity contribution in [2.24, 2.45) is 0 Å². The minimum atomic E-state index is -0.543. The second-order valence-electron chi connectivity index (χ2n) is 1.60. The Kier molecular flexibility index (Phi) is 1.75. The number of ether oxygens (including phenoxy) is 1. The van der Waals surface area contributed by atoms with Crippen molar-refractivity contribution in [3.8, 4) is 0 Å². The minimum Gasteiger partial charge on any atom is -0.465 e. The molecule has 4 nitrogen and oxygen atoms in total. The molecular weight excluding hydrogens is 133 g/mol. The van der Waals surface area contributed by atoms with Gasteiger partial charge in [-0.1, -0.05) is 5.16 Å². The number of aromatic nitrogens is 1. The molecule has 0 unspecified atom stereocenters. The molecule has 50 valence electrons. The second kappa shape index (κ2) is 2.55. The summed E-state index contributed by atoms with van der Waals surface area (Å²) in [6, 6.07) is 0. The molecule has 0 saturated carbocycles. The van der Waals surface area contributed by atoms with Gasteiger partial charge in [0, 0.05) is 0 Å². The monoisotopic (exact) mass is 137 g/mol. The molecule has 0 bridgehead atoms. The molecule has 0 aromatic carbocycles. The minimum absolute atomic E-state index is 0.0214. The van der Waals surface area contributed by atoms with Crippen LogP contribution in [0, 0.1) is 0 Å². The van der Waals surface area contributed by atoms with Gasteiger partial charge < -0.3 is 9.26 Å². The van der Waals surface area contributed by atoms with E-state index in [-0.39, 0.29) is 11.2 Å². The fraction of sp³-hybridized carbons (Fsp3) is 0.200. The summed E-state index contributed by atoms with van der Waals surface area (Å²) in [5.41, 5.74) is 0.134. The number of hydrogen-bond donors (Lipinski definition) is 0. The van der Waals surface area contributed by atoms with E-state index >= 15 is 0 Å². The molecule has 0 fully saturated rings. The summed E-state index contributed by atoms with van der Waals surface area (Å²) < 4.78 is 8.77. The Morgan fingerprint density at radius 1 is 1.90 bits per heavy atom. The van der Waals surface area contributed by atoms with Gasteiger partial charge in [-0.05, 0) is 0 Å². The first-order valence-corrected chi connectivity index (χ1v) is 2.54. The molecular formula is C5H4BNO3. The maximum atomic E-state index is 10.7. The van der Waals surface area contributed by atoms with E-state index in [2.05, 4.69) is 14.4 Å². The zero-order valence-corrected chi connectivity index (χ0v) is 5.33. The summed E-state index contributed by atoms with van der Waals surface area (Å²) in [5, 5.41) is 3.29. The van der Waals surface area contributed by atoms with Crippen LogP contribution in [0.15, 0.2) is 10.7 Å². The highest BCUT2D eigenvalue weighted by molar-refractivity contribution is 6.33. The Morgan fingerprint density at radius 3 is 3.00 bits per heavy atom. The van der Waals surface area contributed by atoms with E-state index in [1.165, 1.54) is 13.3 Å². The number of esters is 1. The Hall–Kier alpha value is -1.26. The van der Waals surface area contributed by atoms with Crippen LogP contribution in [0.5, 0.6) is 0 Å². The Bertz CT molecular complexity index is 245. The van der Waals surface area contributed by atoms with Gasteiger partial charge in [0.1, 0.15) is 5.56 Å². The third-order valence-electron chi connectivity index (χ3n) is 1.00. The maximum Gasteiger partial charge on any atom is 0.342 e. The van der Waals surface area contributed by atoms with Crippen molar-refractivity contribution in [2.45, 2.75) is 0 Å². The molecule has 10 heavy (non-hydrogen) atoms. The first-order chi connectivity index (χ1) is 4.75. The molecule has 0 atom stereocenters. The lowest BCUT2D eigenvalue weighted by molar-refractivity contribution is 0.0602. The molecule has 0 spiro atoms. The van der Waals surface area contributed by atoms with Crippen molar-refractivity contribution in [2.75, 3.05) is 7.11 Å². The number of rotatable bonds is 1. The van der Waals surface area contributed by atoms with Crippen molar-refractivity contribution >= 4 is 19.5 Å². The molecule has 5 heteroatoms. The van der Waals surface area contributed by atoms with E-state index in [9.17, 15) is 4.79 Å². The van der Waals surface area contributed by atoms with Crippen LogP contribution in [-0.4, -0.2) is 26.1 Å². The average molecular weight is 137 g/mol. The maximum absolute atomic E-state index is 10.7. The second-order valence-corrected chi connectivity index (χ2v) is 1.60. The van der Waals surface area contributed by atoms with Crippen molar-refractivity contribution in [3.05, 3.63) is 11.8 Å². The van der Waals surface area contributed by atoms with Crippen LogP contribution >= 0.6 is 0 Å². The molecule has 0 aliphatic heterocycles. The fourth-order valence-electron chi connectivity index (χ4n) is 0.512. The Balaban J connectivity index is 2.93. The van der Waals surface area contributed by atoms with Gasteiger partial charge in [-0.15, -0.1) is 0 Å². The number of nitrogens with zero attached hydrogens (tertiary/aromatic N) is 1. The van der Waals surface area contributed by atoms with Gasteiger partial charge in [0.15, 0.2) is 7.85 Å². The SMILES string of the molecule is [B]c1oncc1C(=O)OC. The normalized spacial score (nSPS) is 9.30. The Labute approximate surface area is 58.6 Å². The van der Waals surface area contributed by atoms with Gasteiger partial charge >= 0.3 is 5.97 Å². The fourth-order valence-corrected chi connectivity index (χ4v) is 0.512. The first-order valence-electron chi connectivity index (χ1n) is 2.54. The standard InChI is InChI=1S/C5H4BNO3/c1-9-5(8)3-2-7-10-4(3)6/h2H,1H3. The van der Waals surface area contributed by atoms with Crippen LogP contribution < -0.4 is 5.66 Å². The van der Waals surface area contributed by atoms with E-state index in [1.807, 2.05) is 0 Å². The topological polar surface area (TPSA) is 52.3 Å². The predicted molar refractivity (Wildman–Crippen MR) is 33.2 cm³/mol. The smallest absolute Gasteiger partial charge is 0.342 e. The summed E-state index contributed by atoms with van der Waals surface area (Å²) in [7, 11) is 6.45. The lowest BCUT2D eigenvalue weighted by atomic mass is 10.0. The summed E-state index contributed by atoms with van der Waals surface area (Å²) in [6.07, 6.45) is 1.21. The van der Waals surface area contributed by atoms with Crippen molar-refractivity contribution < 1.29 is 14.1 Å². The number of methoxy groups -OCH3 is 1. The van der Waals surface area contributed by atoms with E-state index in [1.54, 1.807) is 0 Å². The van der Waals surface area contributed by atoms with Crippen LogP contribution in [0.1, 0.15) is 10.4 Å². The zero-order valence-electron chi connectivity index (χ0n) is 5.33. The van der Waals surface area contributed by atoms with E-state index in [0.717, 1.165) is 0 Å². The van der Waals surface area contributed by atoms with Crippen LogP contribution in [0.4, 0.5) is 0 Å². The molecule has 0 aliphatic rings. The lowest BCUT2D eigenvalue weighted by Crippen LogP contribution is -2.12. The van der Waals surface area contributed by atoms with Crippen LogP contribution in [0.2, 0.25) is 0 Å². The quantitative estimate of drug-likeness (QED) is 0.377. The first kappa shape index (κ1) is 6.86. The van der Waals surface area contributed by atoms with E-state index in [0.29, 0.717) is 0 Å². The molecule has 1 aromatic heterocycles. The van der Waals surface area contributed by atoms with Gasteiger partial charge in [-0.3, -0.25) is 0 Å². The van der Waals surface area contributed by atoms with E-state index < -0.39 is 5.97 Å². The summed E-state index contributed by atoms with van der Waals surface area (Å²) in [6.45, 7) is 0. The van der Waals surface area contributed by atoms with Crippen molar-refractivity contribution in [1.82, 2.24) is 5.16 Å². The molecule has 0 aliphatic carbocycles. The van der Waals surface area contributed by atoms with Crippen LogP contribution in [-0.2, 0) is 4.74 Å². The molecule has 2 radical (unpaired) electrons. The molecule has 1 rings (SSSR count). The summed E-state index contributed by atoms with van der Waals surface area (Å²) in [5.74, 6) is -0.543. The lowest BCUT2D eigenvalue weighted by Gasteiger charge is -1.92. The number of carbonyl (C=O) groups is 1. The van der Waals surface area contributed by atoms with Gasteiger partial charge in [-0.25, -0.2) is 4.79 Å². The highest BCUT2D eigenvalue weighted by Crippen LogP contribution is 1.93. The largest absolute Gasteiger partial charge is 0.465 e. The number of hydrogen-bond acceptors (Lipinski definition) is 4. The molecule has 1 heterocycles. The summed E-state index contributed by atoms with van der Waals surface area (Å²) in [4.78, 5) is 10.7. The molecule has 0 N–H and O–H groups in total.